The first-order valence-corrected chi connectivity index (χ1v) is 26.4. The molecule has 61 heavy (non-hydrogen) atoms. The maximum absolute atomic E-state index is 5.81. The molecule has 1 aromatic heterocycles. The van der Waals surface area contributed by atoms with Crippen molar-refractivity contribution in [1.82, 2.24) is 4.98 Å². The lowest BCUT2D eigenvalue weighted by molar-refractivity contribution is 0.428. The van der Waals surface area contributed by atoms with Crippen molar-refractivity contribution in [2.75, 3.05) is 0 Å². The number of pyridine rings is 1. The molecule has 0 atom stereocenters. The van der Waals surface area contributed by atoms with Crippen LogP contribution in [0, 0.1) is 6.92 Å². The van der Waals surface area contributed by atoms with Gasteiger partial charge in [0.1, 0.15) is 0 Å². The molecule has 0 spiro atoms. The number of hydrogen-bond donors (Lipinski definition) is 0. The van der Waals surface area contributed by atoms with Crippen molar-refractivity contribution < 1.29 is 0 Å². The lowest BCUT2D eigenvalue weighted by Gasteiger charge is -2.31. The summed E-state index contributed by atoms with van der Waals surface area (Å²) in [5.74, 6) is 3.96. The first-order chi connectivity index (χ1) is 30.0. The molecule has 3 aromatic rings. The van der Waals surface area contributed by atoms with E-state index in [4.69, 9.17) is 15.0 Å². The molecular formula is C58H81N3. The van der Waals surface area contributed by atoms with Crippen molar-refractivity contribution in [3.63, 3.8) is 0 Å². The molecule has 0 radical (unpaired) electrons. The predicted octanol–water partition coefficient (Wildman–Crippen LogP) is 18.0. The molecule has 9 rings (SSSR count). The maximum atomic E-state index is 5.81. The highest BCUT2D eigenvalue weighted by Crippen LogP contribution is 2.50. The average Bonchev–Trinajstić information content (AvgIpc) is 3.33. The molecule has 6 saturated carbocycles. The third-order valence-electron chi connectivity index (χ3n) is 17.0. The fourth-order valence-corrected chi connectivity index (χ4v) is 13.4. The Bertz CT molecular complexity index is 1760. The number of hydrogen-bond acceptors (Lipinski definition) is 3. The van der Waals surface area contributed by atoms with Crippen LogP contribution in [-0.2, 0) is 0 Å². The number of rotatable bonds is 10. The van der Waals surface area contributed by atoms with Gasteiger partial charge in [0.25, 0.3) is 0 Å². The Morgan fingerprint density at radius 3 is 0.869 bits per heavy atom. The zero-order valence-electron chi connectivity index (χ0n) is 39.0. The minimum absolute atomic E-state index is 0.628. The molecule has 1 heterocycles. The van der Waals surface area contributed by atoms with Crippen molar-refractivity contribution in [2.45, 2.75) is 249 Å². The van der Waals surface area contributed by atoms with Crippen LogP contribution in [0.1, 0.15) is 292 Å². The summed E-state index contributed by atoms with van der Waals surface area (Å²) in [5, 5.41) is 0. The van der Waals surface area contributed by atoms with Gasteiger partial charge < -0.3 is 0 Å². The van der Waals surface area contributed by atoms with E-state index in [1.807, 2.05) is 0 Å². The summed E-state index contributed by atoms with van der Waals surface area (Å²) in [6, 6.07) is 15.3. The largest absolute Gasteiger partial charge is 0.251 e. The Labute approximate surface area is 371 Å². The summed E-state index contributed by atoms with van der Waals surface area (Å²) in [6.45, 7) is 6.78. The van der Waals surface area contributed by atoms with E-state index in [0.29, 0.717) is 23.7 Å². The zero-order valence-corrected chi connectivity index (χ0v) is 39.0. The normalized spacial score (nSPS) is 23.1. The Kier molecular flexibility index (Phi) is 14.6. The van der Waals surface area contributed by atoms with Gasteiger partial charge >= 0.3 is 0 Å². The van der Waals surface area contributed by atoms with Crippen LogP contribution in [0.5, 0.6) is 0 Å². The number of aromatic nitrogens is 1. The van der Waals surface area contributed by atoms with Gasteiger partial charge in [-0.05, 0) is 184 Å². The summed E-state index contributed by atoms with van der Waals surface area (Å²) in [6.07, 6.45) is 40.7. The van der Waals surface area contributed by atoms with Crippen molar-refractivity contribution >= 4 is 22.8 Å². The molecule has 0 bridgehead atoms. The number of nitrogens with zero attached hydrogens (tertiary/aromatic N) is 3. The predicted molar refractivity (Wildman–Crippen MR) is 261 cm³/mol. The summed E-state index contributed by atoms with van der Waals surface area (Å²) < 4.78 is 0. The van der Waals surface area contributed by atoms with E-state index in [1.165, 1.54) is 210 Å². The van der Waals surface area contributed by atoms with Crippen molar-refractivity contribution in [3.05, 3.63) is 86.7 Å². The molecule has 3 heteroatoms. The van der Waals surface area contributed by atoms with Gasteiger partial charge in [-0.15, -0.1) is 0 Å². The van der Waals surface area contributed by atoms with Crippen LogP contribution in [0.25, 0.3) is 0 Å². The van der Waals surface area contributed by atoms with Crippen LogP contribution in [0.15, 0.2) is 46.4 Å². The average molecular weight is 820 g/mol. The van der Waals surface area contributed by atoms with Gasteiger partial charge in [0.05, 0.1) is 34.2 Å². The lowest BCUT2D eigenvalue weighted by Crippen LogP contribution is -2.14. The molecule has 0 N–H and O–H groups in total. The molecular weight excluding hydrogens is 739 g/mol. The van der Waals surface area contributed by atoms with E-state index in [1.54, 1.807) is 33.4 Å². The SMILES string of the molecule is CC(=Nc1c(C2CCCCC2)cc(C2CCCCC2)cc1C1CCCCC1)c1cc(C)cc(C(C)=Nc2c(C3CCCCC3)cc(C3CCCCC3)cc2C2CCCCC2)n1. The molecule has 6 aliphatic carbocycles. The molecule has 2 aromatic carbocycles. The summed E-state index contributed by atoms with van der Waals surface area (Å²) in [7, 11) is 0. The molecule has 0 aliphatic heterocycles. The topological polar surface area (TPSA) is 37.6 Å². The molecule has 328 valence electrons. The molecule has 6 aliphatic rings. The monoisotopic (exact) mass is 820 g/mol. The zero-order chi connectivity index (χ0) is 41.5. The van der Waals surface area contributed by atoms with Crippen LogP contribution >= 0.6 is 0 Å². The fourth-order valence-electron chi connectivity index (χ4n) is 13.4. The van der Waals surface area contributed by atoms with Gasteiger partial charge in [0, 0.05) is 0 Å². The third-order valence-corrected chi connectivity index (χ3v) is 17.0. The van der Waals surface area contributed by atoms with Gasteiger partial charge in [-0.2, -0.15) is 0 Å². The number of aliphatic imine (C=N–C) groups is 2. The quantitative estimate of drug-likeness (QED) is 0.188. The summed E-state index contributed by atoms with van der Waals surface area (Å²) in [5.41, 5.74) is 17.7. The first-order valence-electron chi connectivity index (χ1n) is 26.4. The van der Waals surface area contributed by atoms with Gasteiger partial charge in [-0.1, -0.05) is 140 Å². The van der Waals surface area contributed by atoms with Crippen LogP contribution < -0.4 is 0 Å². The first kappa shape index (κ1) is 43.2. The third kappa shape index (κ3) is 10.3. The van der Waals surface area contributed by atoms with Crippen molar-refractivity contribution in [3.8, 4) is 0 Å². The molecule has 0 saturated heterocycles. The highest BCUT2D eigenvalue weighted by atomic mass is 14.8. The van der Waals surface area contributed by atoms with Gasteiger partial charge in [0.2, 0.25) is 0 Å². The van der Waals surface area contributed by atoms with E-state index < -0.39 is 0 Å². The minimum Gasteiger partial charge on any atom is -0.251 e. The summed E-state index contributed by atoms with van der Waals surface area (Å²) in [4.78, 5) is 17.1. The van der Waals surface area contributed by atoms with Gasteiger partial charge in [-0.25, -0.2) is 4.98 Å². The van der Waals surface area contributed by atoms with E-state index >= 15 is 0 Å². The molecule has 3 nitrogen and oxygen atoms in total. The number of benzene rings is 2. The van der Waals surface area contributed by atoms with Gasteiger partial charge in [-0.3, -0.25) is 9.98 Å². The van der Waals surface area contributed by atoms with E-state index in [-0.39, 0.29) is 0 Å². The second kappa shape index (κ2) is 20.6. The maximum Gasteiger partial charge on any atom is 0.0852 e. The van der Waals surface area contributed by atoms with Crippen molar-refractivity contribution in [2.24, 2.45) is 9.98 Å². The second-order valence-corrected chi connectivity index (χ2v) is 21.4. The van der Waals surface area contributed by atoms with E-state index in [0.717, 1.165) is 34.6 Å². The highest BCUT2D eigenvalue weighted by Gasteiger charge is 2.30. The molecule has 6 fully saturated rings. The van der Waals surface area contributed by atoms with Crippen LogP contribution in [0.2, 0.25) is 0 Å². The van der Waals surface area contributed by atoms with Crippen LogP contribution in [-0.4, -0.2) is 16.4 Å². The molecule has 0 unspecified atom stereocenters. The van der Waals surface area contributed by atoms with E-state index in [9.17, 15) is 0 Å². The smallest absolute Gasteiger partial charge is 0.0852 e. The van der Waals surface area contributed by atoms with Crippen LogP contribution in [0.4, 0.5) is 11.4 Å². The van der Waals surface area contributed by atoms with Crippen molar-refractivity contribution in [1.29, 1.82) is 0 Å². The van der Waals surface area contributed by atoms with E-state index in [2.05, 4.69) is 57.2 Å². The minimum atomic E-state index is 0.628. The lowest BCUT2D eigenvalue weighted by atomic mass is 9.75. The Hall–Kier alpha value is -3.07. The van der Waals surface area contributed by atoms with Gasteiger partial charge in [0.15, 0.2) is 0 Å². The Morgan fingerprint density at radius 2 is 0.607 bits per heavy atom. The second-order valence-electron chi connectivity index (χ2n) is 21.4. The summed E-state index contributed by atoms with van der Waals surface area (Å²) >= 11 is 0. The molecule has 0 amide bonds. The Balaban J connectivity index is 1.13. The standard InChI is InChI=1S/C58H81N3/c1-40-34-55(41(2)59-57-51(45-26-14-6-15-27-45)36-49(43-22-10-4-11-23-43)37-52(57)46-28-16-7-17-29-46)61-56(35-40)42(3)60-58-53(47-30-18-8-19-31-47)38-50(44-24-12-5-13-25-44)39-54(58)48-32-20-9-21-33-48/h34-39,43-48H,4-33H2,1-3H3. The highest BCUT2D eigenvalue weighted by molar-refractivity contribution is 6.03. The number of aryl methyl sites for hydroxylation is 1. The Morgan fingerprint density at radius 1 is 0.361 bits per heavy atom. The van der Waals surface area contributed by atoms with Crippen LogP contribution in [0.3, 0.4) is 0 Å². The fraction of sp³-hybridized carbons (Fsp3) is 0.672.